The highest BCUT2D eigenvalue weighted by Crippen LogP contribution is 2.61. The number of halogens is 4. The van der Waals surface area contributed by atoms with Crippen molar-refractivity contribution in [3.8, 4) is 5.75 Å². The molecule has 5 nitrogen and oxygen atoms in total. The van der Waals surface area contributed by atoms with Crippen molar-refractivity contribution in [1.29, 1.82) is 0 Å². The molecule has 206 valence electrons. The molecule has 1 amide bonds. The Morgan fingerprint density at radius 3 is 2.23 bits per heavy atom. The average Bonchev–Trinajstić information content (AvgIpc) is 3.22. The van der Waals surface area contributed by atoms with E-state index >= 15 is 0 Å². The fourth-order valence-corrected chi connectivity index (χ4v) is 8.82. The number of thiophene rings is 1. The fourth-order valence-electron chi connectivity index (χ4n) is 7.49. The third-order valence-electron chi connectivity index (χ3n) is 8.70. The first-order chi connectivity index (χ1) is 18.5. The number of nitrogens with one attached hydrogen (secondary N) is 1. The predicted octanol–water partition coefficient (Wildman–Crippen LogP) is 7.55. The number of carboxylic acids is 1. The van der Waals surface area contributed by atoms with E-state index in [0.717, 1.165) is 62.0 Å². The van der Waals surface area contributed by atoms with Gasteiger partial charge in [0.05, 0.1) is 5.56 Å². The van der Waals surface area contributed by atoms with E-state index < -0.39 is 35.1 Å². The van der Waals surface area contributed by atoms with Gasteiger partial charge in [0, 0.05) is 20.5 Å². The molecule has 1 aromatic heterocycles. The second-order valence-corrected chi connectivity index (χ2v) is 12.9. The van der Waals surface area contributed by atoms with Crippen LogP contribution in [0.3, 0.4) is 0 Å². The minimum atomic E-state index is -4.44. The van der Waals surface area contributed by atoms with Gasteiger partial charge in [-0.15, -0.1) is 11.3 Å². The monoisotopic (exact) mass is 577 g/mol. The van der Waals surface area contributed by atoms with Gasteiger partial charge in [0.25, 0.3) is 5.91 Å². The molecule has 4 aliphatic rings. The zero-order chi connectivity index (χ0) is 27.5. The largest absolute Gasteiger partial charge is 0.487 e. The van der Waals surface area contributed by atoms with Crippen LogP contribution in [-0.4, -0.2) is 23.0 Å². The molecule has 1 heterocycles. The lowest BCUT2D eigenvalue weighted by atomic mass is 9.47. The number of fused-ring (bicyclic) bond motifs is 1. The molecule has 1 atom stereocenters. The van der Waals surface area contributed by atoms with Crippen molar-refractivity contribution in [2.24, 2.45) is 23.2 Å². The summed E-state index contributed by atoms with van der Waals surface area (Å²) in [4.78, 5) is 26.5. The van der Waals surface area contributed by atoms with Crippen LogP contribution in [0.15, 0.2) is 42.5 Å². The van der Waals surface area contributed by atoms with Gasteiger partial charge >= 0.3 is 12.1 Å². The number of rotatable bonds is 7. The highest BCUT2D eigenvalue weighted by molar-refractivity contribution is 7.21. The van der Waals surface area contributed by atoms with E-state index in [9.17, 15) is 27.9 Å². The summed E-state index contributed by atoms with van der Waals surface area (Å²) in [5, 5.41) is 14.2. The van der Waals surface area contributed by atoms with Crippen molar-refractivity contribution in [3.05, 3.63) is 63.5 Å². The quantitative estimate of drug-likeness (QED) is 0.304. The first kappa shape index (κ1) is 26.4. The van der Waals surface area contributed by atoms with Crippen LogP contribution in [0.25, 0.3) is 10.1 Å². The molecule has 2 N–H and O–H groups in total. The summed E-state index contributed by atoms with van der Waals surface area (Å²) in [5.74, 6) is 0.260. The van der Waals surface area contributed by atoms with Crippen LogP contribution in [0.5, 0.6) is 5.75 Å². The molecular weight excluding hydrogens is 551 g/mol. The normalized spacial score (nSPS) is 26.5. The molecule has 0 aliphatic heterocycles. The van der Waals surface area contributed by atoms with Gasteiger partial charge in [-0.1, -0.05) is 23.7 Å². The maximum atomic E-state index is 13.7. The lowest BCUT2D eigenvalue weighted by molar-refractivity contribution is -0.150. The van der Waals surface area contributed by atoms with Crippen LogP contribution in [-0.2, 0) is 17.6 Å². The Bertz CT molecular complexity index is 1400. The van der Waals surface area contributed by atoms with Gasteiger partial charge in [-0.2, -0.15) is 13.2 Å². The van der Waals surface area contributed by atoms with Gasteiger partial charge in [0.2, 0.25) is 0 Å². The summed E-state index contributed by atoms with van der Waals surface area (Å²) < 4.78 is 45.6. The first-order valence-electron chi connectivity index (χ1n) is 13.1. The number of alkyl halides is 3. The molecule has 0 spiro atoms. The van der Waals surface area contributed by atoms with Crippen molar-refractivity contribution >= 4 is 44.9 Å². The SMILES string of the molecule is O=C(N[C@H](C(=O)O)C12C[C@H]3C[C@H](C1)C[C@@H](C2)C3)c1sc2cc(Cl)ccc2c1OCc1ccc(C(F)(F)F)cc1. The smallest absolute Gasteiger partial charge is 0.416 e. The van der Waals surface area contributed by atoms with Crippen LogP contribution in [0.2, 0.25) is 5.02 Å². The topological polar surface area (TPSA) is 75.6 Å². The Kier molecular flexibility index (Phi) is 6.57. The van der Waals surface area contributed by atoms with E-state index in [-0.39, 0.29) is 17.2 Å². The first-order valence-corrected chi connectivity index (χ1v) is 14.2. The third-order valence-corrected chi connectivity index (χ3v) is 10.1. The number of carboxylic acid groups (broad SMARTS) is 1. The van der Waals surface area contributed by atoms with Gasteiger partial charge in [0.15, 0.2) is 5.75 Å². The molecule has 4 bridgehead atoms. The number of benzene rings is 2. The minimum Gasteiger partial charge on any atom is -0.487 e. The summed E-state index contributed by atoms with van der Waals surface area (Å²) in [7, 11) is 0. The van der Waals surface area contributed by atoms with E-state index in [2.05, 4.69) is 5.32 Å². The molecule has 39 heavy (non-hydrogen) atoms. The molecule has 0 radical (unpaired) electrons. The van der Waals surface area contributed by atoms with Crippen molar-refractivity contribution in [2.45, 2.75) is 57.3 Å². The number of aliphatic carboxylic acids is 1. The standard InChI is InChI=1S/C29H27ClF3NO4S/c30-20-5-6-21-22(10-20)39-24(23(21)38-14-15-1-3-19(4-2-15)29(31,32)33)26(35)34-25(27(36)37)28-11-16-7-17(12-28)9-18(8-16)13-28/h1-6,10,16-18,25H,7-9,11-14H2,(H,34,35)(H,36,37)/t16-,17-,18-,25-,28?/m1/s1. The molecule has 0 unspecified atom stereocenters. The Hall–Kier alpha value is -2.78. The van der Waals surface area contributed by atoms with E-state index in [4.69, 9.17) is 16.3 Å². The molecule has 4 aliphatic carbocycles. The van der Waals surface area contributed by atoms with Crippen molar-refractivity contribution in [3.63, 3.8) is 0 Å². The molecular formula is C29H27ClF3NO4S. The Morgan fingerprint density at radius 2 is 1.67 bits per heavy atom. The van der Waals surface area contributed by atoms with Gasteiger partial charge in [-0.25, -0.2) is 4.79 Å². The van der Waals surface area contributed by atoms with Crippen LogP contribution in [0.1, 0.15) is 59.3 Å². The van der Waals surface area contributed by atoms with Crippen LogP contribution in [0, 0.1) is 23.2 Å². The Morgan fingerprint density at radius 1 is 1.05 bits per heavy atom. The van der Waals surface area contributed by atoms with Crippen molar-refractivity contribution < 1.29 is 32.6 Å². The predicted molar refractivity (Wildman–Crippen MR) is 142 cm³/mol. The van der Waals surface area contributed by atoms with Gasteiger partial charge in [-0.3, -0.25) is 4.79 Å². The highest BCUT2D eigenvalue weighted by Gasteiger charge is 2.56. The Labute approximate surface area is 232 Å². The minimum absolute atomic E-state index is 0.0653. The summed E-state index contributed by atoms with van der Waals surface area (Å²) in [5.41, 5.74) is -0.705. The lowest BCUT2D eigenvalue weighted by Gasteiger charge is -2.58. The summed E-state index contributed by atoms with van der Waals surface area (Å²) in [6.45, 7) is -0.0653. The number of carbonyl (C=O) groups is 2. The summed E-state index contributed by atoms with van der Waals surface area (Å²) >= 11 is 7.34. The average molecular weight is 578 g/mol. The zero-order valence-electron chi connectivity index (χ0n) is 20.9. The maximum absolute atomic E-state index is 13.7. The van der Waals surface area contributed by atoms with E-state index in [0.29, 0.717) is 38.4 Å². The van der Waals surface area contributed by atoms with Gasteiger partial charge in [0.1, 0.15) is 17.5 Å². The van der Waals surface area contributed by atoms with E-state index in [1.165, 1.54) is 12.1 Å². The van der Waals surface area contributed by atoms with Crippen LogP contribution < -0.4 is 10.1 Å². The van der Waals surface area contributed by atoms with Crippen molar-refractivity contribution in [2.75, 3.05) is 0 Å². The summed E-state index contributed by atoms with van der Waals surface area (Å²) in [6, 6.07) is 8.73. The maximum Gasteiger partial charge on any atom is 0.416 e. The third kappa shape index (κ3) is 4.99. The van der Waals surface area contributed by atoms with Crippen LogP contribution >= 0.6 is 22.9 Å². The van der Waals surface area contributed by atoms with Crippen LogP contribution in [0.4, 0.5) is 13.2 Å². The molecule has 4 saturated carbocycles. The second kappa shape index (κ2) is 9.70. The number of carbonyl (C=O) groups excluding carboxylic acids is 1. The van der Waals surface area contributed by atoms with Gasteiger partial charge in [-0.05, 0) is 92.2 Å². The van der Waals surface area contributed by atoms with E-state index in [1.807, 2.05) is 0 Å². The summed E-state index contributed by atoms with van der Waals surface area (Å²) in [6.07, 6.45) is 1.46. The molecule has 4 fully saturated rings. The molecule has 7 rings (SSSR count). The molecule has 3 aromatic rings. The number of amides is 1. The number of hydrogen-bond acceptors (Lipinski definition) is 4. The number of hydrogen-bond donors (Lipinski definition) is 2. The zero-order valence-corrected chi connectivity index (χ0v) is 22.5. The Balaban J connectivity index is 1.28. The number of ether oxygens (including phenoxy) is 1. The second-order valence-electron chi connectivity index (χ2n) is 11.4. The van der Waals surface area contributed by atoms with Crippen molar-refractivity contribution in [1.82, 2.24) is 5.32 Å². The highest BCUT2D eigenvalue weighted by atomic mass is 35.5. The molecule has 0 saturated heterocycles. The van der Waals surface area contributed by atoms with Gasteiger partial charge < -0.3 is 15.2 Å². The molecule has 10 heteroatoms. The fraction of sp³-hybridized carbons (Fsp3) is 0.448. The molecule has 2 aromatic carbocycles. The van der Waals surface area contributed by atoms with E-state index in [1.54, 1.807) is 18.2 Å². The lowest BCUT2D eigenvalue weighted by Crippen LogP contribution is -2.59.